The van der Waals surface area contributed by atoms with E-state index in [1.54, 1.807) is 0 Å². The molecule has 3 heterocycles. The van der Waals surface area contributed by atoms with Crippen LogP contribution in [0, 0.1) is 0 Å². The Kier molecular flexibility index (Phi) is 11.4. The van der Waals surface area contributed by atoms with Crippen molar-refractivity contribution >= 4 is 20.8 Å². The number of hydrogen-bond donors (Lipinski definition) is 10. The van der Waals surface area contributed by atoms with Crippen LogP contribution < -0.4 is 0 Å². The first-order valence-corrected chi connectivity index (χ1v) is 14.5. The fourth-order valence-corrected chi connectivity index (χ4v) is 5.19. The minimum absolute atomic E-state index is 1.02. The Morgan fingerprint density at radius 3 is 1.78 bits per heavy atom. The molecule has 0 aromatic heterocycles. The fraction of sp³-hybridized carbons (Fsp3) is 1.00. The van der Waals surface area contributed by atoms with Crippen LogP contribution in [-0.4, -0.2) is 172 Å². The first-order valence-electron chi connectivity index (χ1n) is 11.8. The molecule has 3 aliphatic heterocycles. The third-order valence-electron chi connectivity index (χ3n) is 6.46. The number of hydrogen-bond acceptors (Lipinski definition) is 19. The van der Waals surface area contributed by atoms with Gasteiger partial charge in [-0.15, -0.1) is 0 Å². The van der Waals surface area contributed by atoms with E-state index in [4.69, 9.17) is 32.8 Å². The van der Waals surface area contributed by atoms with E-state index in [2.05, 4.69) is 8.37 Å². The van der Waals surface area contributed by atoms with Crippen LogP contribution in [0.2, 0.25) is 0 Å². The maximum atomic E-state index is 11.3. The lowest BCUT2D eigenvalue weighted by atomic mass is 9.96. The molecule has 0 saturated carbocycles. The number of rotatable bonds is 10. The zero-order valence-corrected chi connectivity index (χ0v) is 22.5. The number of aliphatic hydroxyl groups is 8. The smallest absolute Gasteiger partial charge is 0.394 e. The Morgan fingerprint density at radius 1 is 0.634 bits per heavy atom. The van der Waals surface area contributed by atoms with Crippen LogP contribution in [0.1, 0.15) is 6.92 Å². The van der Waals surface area contributed by atoms with Crippen molar-refractivity contribution in [2.45, 2.75) is 99.0 Å². The third kappa shape index (κ3) is 8.44. The standard InChI is InChI=1S/C18H32O21S2/c1-4-7(20)9(22)10(23)17(34-4)37-13-6(3-33-40(27,28)29)35-16(26)11(24)15(13)38-18-12(25)14(39-41(30,31)32)8(21)5(2-19)36-18/h4-26H,2-3H2,1H3,(H,27,28,29)(H,30,31,32)/t4-,5+,6+,7+,8-,9+,10-,11+,12+,13+,14-,15+,16+,17-,18-/m0/s1. The topological polar surface area (TPSA) is 335 Å². The van der Waals surface area contributed by atoms with Crippen LogP contribution in [-0.2, 0) is 52.8 Å². The summed E-state index contributed by atoms with van der Waals surface area (Å²) in [5, 5.41) is 81.7. The van der Waals surface area contributed by atoms with Gasteiger partial charge < -0.3 is 64.5 Å². The molecule has 0 bridgehead atoms. The molecule has 0 aliphatic carbocycles. The SMILES string of the molecule is C[C@@H]1O[C@@H](O[C@H]2[C@H](O[C@@H]3O[C@H](CO)[C@H](O)[C@H](OS(=O)(=O)O)[C@H]3O)[C@@H](O)[C@H](O)O[C@@H]2COS(=O)(=O)O)[C@@H](O)[C@H](O)[C@@H]1O. The minimum atomic E-state index is -5.31. The molecule has 0 radical (unpaired) electrons. The van der Waals surface area contributed by atoms with Gasteiger partial charge in [0, 0.05) is 0 Å². The van der Waals surface area contributed by atoms with Gasteiger partial charge in [-0.25, -0.2) is 8.37 Å². The molecule has 3 aliphatic rings. The van der Waals surface area contributed by atoms with Gasteiger partial charge in [0.05, 0.1) is 19.3 Å². The number of aliphatic hydroxyl groups excluding tert-OH is 8. The quantitative estimate of drug-likeness (QED) is 0.0983. The molecule has 15 atom stereocenters. The summed E-state index contributed by atoms with van der Waals surface area (Å²) >= 11 is 0. The average Bonchev–Trinajstić information content (AvgIpc) is 2.87. The maximum Gasteiger partial charge on any atom is 0.397 e. The van der Waals surface area contributed by atoms with Crippen LogP contribution >= 0.6 is 0 Å². The van der Waals surface area contributed by atoms with Gasteiger partial charge in [0.25, 0.3) is 0 Å². The maximum absolute atomic E-state index is 11.3. The van der Waals surface area contributed by atoms with Crippen molar-refractivity contribution < 1.29 is 98.8 Å². The second-order valence-corrected chi connectivity index (χ2v) is 11.5. The second-order valence-electron chi connectivity index (χ2n) is 9.35. The molecule has 0 aromatic carbocycles. The molecule has 0 spiro atoms. The molecule has 0 unspecified atom stereocenters. The summed E-state index contributed by atoms with van der Waals surface area (Å²) in [6, 6.07) is 0. The summed E-state index contributed by atoms with van der Waals surface area (Å²) in [5.41, 5.74) is 0. The van der Waals surface area contributed by atoms with E-state index in [-0.39, 0.29) is 0 Å². The molecular weight excluding hydrogens is 616 g/mol. The Labute approximate surface area is 232 Å². The van der Waals surface area contributed by atoms with Gasteiger partial charge in [0.1, 0.15) is 67.1 Å². The monoisotopic (exact) mass is 648 g/mol. The molecule has 0 aromatic rings. The average molecular weight is 649 g/mol. The van der Waals surface area contributed by atoms with E-state index in [1.807, 2.05) is 0 Å². The predicted molar refractivity (Wildman–Crippen MR) is 121 cm³/mol. The van der Waals surface area contributed by atoms with E-state index >= 15 is 0 Å². The molecule has 3 fully saturated rings. The molecule has 23 heteroatoms. The van der Waals surface area contributed by atoms with Crippen LogP contribution in [0.25, 0.3) is 0 Å². The van der Waals surface area contributed by atoms with Gasteiger partial charge in [-0.3, -0.25) is 9.11 Å². The van der Waals surface area contributed by atoms with Gasteiger partial charge in [-0.1, -0.05) is 0 Å². The lowest BCUT2D eigenvalue weighted by Gasteiger charge is -2.48. The van der Waals surface area contributed by atoms with Crippen LogP contribution in [0.15, 0.2) is 0 Å². The Morgan fingerprint density at radius 2 is 1.22 bits per heavy atom. The molecule has 21 nitrogen and oxygen atoms in total. The van der Waals surface area contributed by atoms with Gasteiger partial charge in [-0.2, -0.15) is 16.8 Å². The van der Waals surface area contributed by atoms with Crippen molar-refractivity contribution in [2.24, 2.45) is 0 Å². The Hall–Kier alpha value is -0.780. The van der Waals surface area contributed by atoms with E-state index < -0.39 is 126 Å². The predicted octanol–water partition coefficient (Wildman–Crippen LogP) is -6.89. The molecule has 0 amide bonds. The molecule has 3 rings (SSSR count). The van der Waals surface area contributed by atoms with Crippen LogP contribution in [0.3, 0.4) is 0 Å². The Bertz CT molecular complexity index is 1070. The molecular formula is C18H32O21S2. The first kappa shape index (κ1) is 34.7. The van der Waals surface area contributed by atoms with Crippen molar-refractivity contribution in [3.05, 3.63) is 0 Å². The summed E-state index contributed by atoms with van der Waals surface area (Å²) in [6.45, 7) is -0.888. The Balaban J connectivity index is 1.95. The normalized spacial score (nSPS) is 46.4. The highest BCUT2D eigenvalue weighted by molar-refractivity contribution is 7.81. The fourth-order valence-electron chi connectivity index (χ4n) is 4.37. The van der Waals surface area contributed by atoms with E-state index in [0.717, 1.165) is 0 Å². The zero-order chi connectivity index (χ0) is 31.0. The van der Waals surface area contributed by atoms with Crippen LogP contribution in [0.5, 0.6) is 0 Å². The zero-order valence-electron chi connectivity index (χ0n) is 20.9. The molecule has 3 saturated heterocycles. The van der Waals surface area contributed by atoms with E-state index in [0.29, 0.717) is 0 Å². The van der Waals surface area contributed by atoms with Crippen molar-refractivity contribution in [1.29, 1.82) is 0 Å². The summed E-state index contributed by atoms with van der Waals surface area (Å²) in [7, 11) is -10.4. The minimum Gasteiger partial charge on any atom is -0.394 e. The van der Waals surface area contributed by atoms with E-state index in [1.165, 1.54) is 6.92 Å². The number of ether oxygens (including phenoxy) is 5. The summed E-state index contributed by atoms with van der Waals surface area (Å²) < 4.78 is 98.1. The van der Waals surface area contributed by atoms with Crippen molar-refractivity contribution in [2.75, 3.05) is 13.2 Å². The lowest BCUT2D eigenvalue weighted by Crippen LogP contribution is -2.67. The van der Waals surface area contributed by atoms with Gasteiger partial charge >= 0.3 is 20.8 Å². The van der Waals surface area contributed by atoms with Crippen LogP contribution in [0.4, 0.5) is 0 Å². The van der Waals surface area contributed by atoms with Crippen molar-refractivity contribution in [1.82, 2.24) is 0 Å². The van der Waals surface area contributed by atoms with Gasteiger partial charge in [0.2, 0.25) is 0 Å². The molecule has 41 heavy (non-hydrogen) atoms. The third-order valence-corrected chi connectivity index (χ3v) is 7.36. The highest BCUT2D eigenvalue weighted by Crippen LogP contribution is 2.33. The lowest BCUT2D eigenvalue weighted by molar-refractivity contribution is -0.381. The molecule has 10 N–H and O–H groups in total. The largest absolute Gasteiger partial charge is 0.397 e. The first-order chi connectivity index (χ1) is 18.8. The van der Waals surface area contributed by atoms with Crippen molar-refractivity contribution in [3.63, 3.8) is 0 Å². The molecule has 242 valence electrons. The van der Waals surface area contributed by atoms with E-state index in [9.17, 15) is 57.7 Å². The van der Waals surface area contributed by atoms with Gasteiger partial charge in [-0.05, 0) is 6.92 Å². The second kappa shape index (κ2) is 13.5. The summed E-state index contributed by atoms with van der Waals surface area (Å²) in [5.74, 6) is 0. The highest BCUT2D eigenvalue weighted by Gasteiger charge is 2.54. The summed E-state index contributed by atoms with van der Waals surface area (Å²) in [6.07, 6.45) is -29.1. The van der Waals surface area contributed by atoms with Crippen molar-refractivity contribution in [3.8, 4) is 0 Å². The highest BCUT2D eigenvalue weighted by atomic mass is 32.3. The summed E-state index contributed by atoms with van der Waals surface area (Å²) in [4.78, 5) is 0. The van der Waals surface area contributed by atoms with Gasteiger partial charge in [0.15, 0.2) is 18.9 Å².